The van der Waals surface area contributed by atoms with Gasteiger partial charge >= 0.3 is 5.97 Å². The maximum absolute atomic E-state index is 12.7. The molecule has 2 amide bonds. The van der Waals surface area contributed by atoms with Crippen LogP contribution in [-0.4, -0.2) is 32.0 Å². The summed E-state index contributed by atoms with van der Waals surface area (Å²) in [5.41, 5.74) is 2.62. The predicted octanol–water partition coefficient (Wildman–Crippen LogP) is 3.65. The quantitative estimate of drug-likeness (QED) is 0.524. The summed E-state index contributed by atoms with van der Waals surface area (Å²) < 4.78 is 10.0. The third-order valence-corrected chi connectivity index (χ3v) is 5.19. The van der Waals surface area contributed by atoms with Crippen LogP contribution in [0.1, 0.15) is 31.8 Å². The van der Waals surface area contributed by atoms with E-state index in [1.54, 1.807) is 36.4 Å². The number of hydrogen-bond acceptors (Lipinski definition) is 6. The summed E-state index contributed by atoms with van der Waals surface area (Å²) >= 11 is 1.53. The summed E-state index contributed by atoms with van der Waals surface area (Å²) in [6.07, 6.45) is 0.275. The molecule has 0 spiro atoms. The van der Waals surface area contributed by atoms with Crippen molar-refractivity contribution in [2.75, 3.05) is 19.5 Å². The molecule has 0 aliphatic carbocycles. The lowest BCUT2D eigenvalue weighted by Gasteiger charge is -2.12. The molecule has 0 saturated heterocycles. The normalized spacial score (nSPS) is 10.3. The fourth-order valence-corrected chi connectivity index (χ4v) is 3.64. The number of benzene rings is 2. The summed E-state index contributed by atoms with van der Waals surface area (Å²) in [5.74, 6) is -0.627. The number of methoxy groups -OCH3 is 2. The van der Waals surface area contributed by atoms with Crippen LogP contribution >= 0.6 is 11.3 Å². The second kappa shape index (κ2) is 10.4. The largest absolute Gasteiger partial charge is 0.496 e. The van der Waals surface area contributed by atoms with Crippen LogP contribution in [0.5, 0.6) is 5.75 Å². The molecule has 0 fully saturated rings. The van der Waals surface area contributed by atoms with Gasteiger partial charge in [0.1, 0.15) is 5.75 Å². The third kappa shape index (κ3) is 5.93. The standard InChI is InChI=1S/C23H22N2O5S/c1-29-20-6-4-3-5-19(20)22(27)25-18-10-16(9-17(12-18)23(28)30-2)13-24-21(26)11-15-7-8-31-14-15/h3-10,12,14H,11,13H2,1-2H3,(H,24,26)(H,25,27). The minimum Gasteiger partial charge on any atom is -0.496 e. The third-order valence-electron chi connectivity index (χ3n) is 4.46. The molecule has 2 N–H and O–H groups in total. The molecule has 1 aromatic heterocycles. The van der Waals surface area contributed by atoms with Crippen molar-refractivity contribution in [1.82, 2.24) is 5.32 Å². The van der Waals surface area contributed by atoms with Crippen LogP contribution < -0.4 is 15.4 Å². The van der Waals surface area contributed by atoms with Crippen LogP contribution in [0, 0.1) is 0 Å². The van der Waals surface area contributed by atoms with Crippen molar-refractivity contribution >= 4 is 34.8 Å². The van der Waals surface area contributed by atoms with Crippen LogP contribution in [0.3, 0.4) is 0 Å². The highest BCUT2D eigenvalue weighted by Gasteiger charge is 2.15. The second-order valence-electron chi connectivity index (χ2n) is 6.65. The van der Waals surface area contributed by atoms with Gasteiger partial charge in [0.2, 0.25) is 5.91 Å². The van der Waals surface area contributed by atoms with E-state index in [1.807, 2.05) is 16.8 Å². The van der Waals surface area contributed by atoms with Crippen molar-refractivity contribution in [3.8, 4) is 5.75 Å². The Morgan fingerprint density at radius 3 is 2.52 bits per heavy atom. The highest BCUT2D eigenvalue weighted by atomic mass is 32.1. The Hall–Kier alpha value is -3.65. The van der Waals surface area contributed by atoms with Crippen molar-refractivity contribution in [3.63, 3.8) is 0 Å². The second-order valence-corrected chi connectivity index (χ2v) is 7.43. The molecule has 0 unspecified atom stereocenters. The van der Waals surface area contributed by atoms with E-state index in [2.05, 4.69) is 10.6 Å². The molecule has 0 atom stereocenters. The Morgan fingerprint density at radius 2 is 1.81 bits per heavy atom. The number of hydrogen-bond donors (Lipinski definition) is 2. The molecule has 7 nitrogen and oxygen atoms in total. The molecule has 0 radical (unpaired) electrons. The van der Waals surface area contributed by atoms with Crippen molar-refractivity contribution in [2.45, 2.75) is 13.0 Å². The summed E-state index contributed by atoms with van der Waals surface area (Å²) in [5, 5.41) is 9.45. The van der Waals surface area contributed by atoms with Gasteiger partial charge in [0.25, 0.3) is 5.91 Å². The van der Waals surface area contributed by atoms with Crippen molar-refractivity contribution in [3.05, 3.63) is 81.5 Å². The van der Waals surface area contributed by atoms with Gasteiger partial charge in [-0.1, -0.05) is 12.1 Å². The molecule has 1 heterocycles. The number of anilines is 1. The number of ether oxygens (including phenoxy) is 2. The lowest BCUT2D eigenvalue weighted by atomic mass is 10.1. The minimum atomic E-state index is -0.542. The number of rotatable bonds is 8. The van der Waals surface area contributed by atoms with Gasteiger partial charge in [0.05, 0.1) is 31.8 Å². The topological polar surface area (TPSA) is 93.7 Å². The molecule has 0 aliphatic rings. The van der Waals surface area contributed by atoms with Gasteiger partial charge in [-0.3, -0.25) is 9.59 Å². The van der Waals surface area contributed by atoms with E-state index >= 15 is 0 Å². The van der Waals surface area contributed by atoms with Crippen molar-refractivity contribution in [1.29, 1.82) is 0 Å². The average molecular weight is 439 g/mol. The van der Waals surface area contributed by atoms with Crippen LogP contribution in [0.4, 0.5) is 5.69 Å². The molecule has 0 bridgehead atoms. The van der Waals surface area contributed by atoms with E-state index in [0.29, 0.717) is 22.6 Å². The summed E-state index contributed by atoms with van der Waals surface area (Å²) in [7, 11) is 2.77. The van der Waals surface area contributed by atoms with Gasteiger partial charge in [-0.2, -0.15) is 11.3 Å². The Kier molecular flexibility index (Phi) is 7.40. The predicted molar refractivity (Wildman–Crippen MR) is 119 cm³/mol. The van der Waals surface area contributed by atoms with Crippen LogP contribution in [-0.2, 0) is 22.5 Å². The Balaban J connectivity index is 1.77. The fourth-order valence-electron chi connectivity index (χ4n) is 2.97. The van der Waals surface area contributed by atoms with Gasteiger partial charge in [0, 0.05) is 12.2 Å². The average Bonchev–Trinajstić information content (AvgIpc) is 3.29. The molecule has 0 saturated carbocycles. The molecule has 160 valence electrons. The first-order chi connectivity index (χ1) is 15.0. The molecule has 3 aromatic rings. The maximum atomic E-state index is 12.7. The van der Waals surface area contributed by atoms with E-state index in [-0.39, 0.29) is 30.3 Å². The summed E-state index contributed by atoms with van der Waals surface area (Å²) in [4.78, 5) is 37.0. The zero-order valence-corrected chi connectivity index (χ0v) is 18.0. The first kappa shape index (κ1) is 22.0. The van der Waals surface area contributed by atoms with E-state index in [9.17, 15) is 14.4 Å². The monoisotopic (exact) mass is 438 g/mol. The zero-order valence-electron chi connectivity index (χ0n) is 17.1. The number of carbonyl (C=O) groups excluding carboxylic acids is 3. The van der Waals surface area contributed by atoms with E-state index in [0.717, 1.165) is 5.56 Å². The smallest absolute Gasteiger partial charge is 0.337 e. The van der Waals surface area contributed by atoms with Gasteiger partial charge in [-0.05, 0) is 58.3 Å². The number of esters is 1. The summed E-state index contributed by atoms with van der Waals surface area (Å²) in [6.45, 7) is 0.200. The van der Waals surface area contributed by atoms with E-state index in [1.165, 1.54) is 31.6 Å². The van der Waals surface area contributed by atoms with E-state index < -0.39 is 5.97 Å². The Bertz CT molecular complexity index is 1080. The van der Waals surface area contributed by atoms with E-state index in [4.69, 9.17) is 9.47 Å². The zero-order chi connectivity index (χ0) is 22.2. The number of carbonyl (C=O) groups is 3. The fraction of sp³-hybridized carbons (Fsp3) is 0.174. The molecule has 2 aromatic carbocycles. The molecule has 0 aliphatic heterocycles. The lowest BCUT2D eigenvalue weighted by Crippen LogP contribution is -2.24. The lowest BCUT2D eigenvalue weighted by molar-refractivity contribution is -0.120. The van der Waals surface area contributed by atoms with Crippen LogP contribution in [0.25, 0.3) is 0 Å². The Labute approximate surface area is 184 Å². The maximum Gasteiger partial charge on any atom is 0.337 e. The number of nitrogens with one attached hydrogen (secondary N) is 2. The highest BCUT2D eigenvalue weighted by Crippen LogP contribution is 2.21. The minimum absolute atomic E-state index is 0.138. The number of thiophene rings is 1. The SMILES string of the molecule is COC(=O)c1cc(CNC(=O)Cc2ccsc2)cc(NC(=O)c2ccccc2OC)c1. The molecular weight excluding hydrogens is 416 g/mol. The van der Waals surface area contributed by atoms with Gasteiger partial charge in [-0.15, -0.1) is 0 Å². The Morgan fingerprint density at radius 1 is 1.00 bits per heavy atom. The summed E-state index contributed by atoms with van der Waals surface area (Å²) in [6, 6.07) is 13.6. The number of amides is 2. The van der Waals surface area contributed by atoms with Crippen molar-refractivity contribution < 1.29 is 23.9 Å². The molecule has 8 heteroatoms. The number of para-hydroxylation sites is 1. The van der Waals surface area contributed by atoms with Gasteiger partial charge in [-0.25, -0.2) is 4.79 Å². The first-order valence-electron chi connectivity index (χ1n) is 9.44. The first-order valence-corrected chi connectivity index (χ1v) is 10.4. The van der Waals surface area contributed by atoms with Crippen molar-refractivity contribution in [2.24, 2.45) is 0 Å². The molecule has 3 rings (SSSR count). The van der Waals surface area contributed by atoms with Gasteiger partial charge < -0.3 is 20.1 Å². The molecule has 31 heavy (non-hydrogen) atoms. The van der Waals surface area contributed by atoms with Crippen LogP contribution in [0.15, 0.2) is 59.3 Å². The molecular formula is C23H22N2O5S. The van der Waals surface area contributed by atoms with Gasteiger partial charge in [0.15, 0.2) is 0 Å². The highest BCUT2D eigenvalue weighted by molar-refractivity contribution is 7.08. The van der Waals surface area contributed by atoms with Crippen LogP contribution in [0.2, 0.25) is 0 Å².